The molecule has 0 saturated heterocycles. The Bertz CT molecular complexity index is 514. The van der Waals surface area contributed by atoms with Crippen LogP contribution in [0.5, 0.6) is 0 Å². The molecule has 0 atom stereocenters. The summed E-state index contributed by atoms with van der Waals surface area (Å²) in [6.45, 7) is 3.52. The van der Waals surface area contributed by atoms with E-state index in [9.17, 15) is 9.59 Å². The number of rotatable bonds is 2. The Morgan fingerprint density at radius 2 is 1.75 bits per heavy atom. The number of nitrogens with one attached hydrogen (secondary N) is 1. The third-order valence-corrected chi connectivity index (χ3v) is 2.56. The van der Waals surface area contributed by atoms with Crippen LogP contribution in [0.2, 0.25) is 5.02 Å². The Kier molecular flexibility index (Phi) is 2.62. The highest BCUT2D eigenvalue weighted by Crippen LogP contribution is 2.25. The average Bonchev–Trinajstić information content (AvgIpc) is 2.54. The monoisotopic (exact) mass is 233 g/mol. The summed E-state index contributed by atoms with van der Waals surface area (Å²) in [5.41, 5.74) is 1.30. The summed E-state index contributed by atoms with van der Waals surface area (Å²) < 4.78 is 0. The largest absolute Gasteiger partial charge is 0.288 e. The molecule has 1 heterocycles. The quantitative estimate of drug-likeness (QED) is 0.794. The maximum atomic E-state index is 11.6. The van der Waals surface area contributed by atoms with Crippen LogP contribution >= 0.6 is 11.6 Å². The number of hydrogen-bond acceptors (Lipinski definition) is 2. The molecule has 0 fully saturated rings. The summed E-state index contributed by atoms with van der Waals surface area (Å²) in [6.07, 6.45) is 1.38. The van der Waals surface area contributed by atoms with Crippen LogP contribution in [0, 0.1) is 0 Å². The standard InChI is InChI=1S/C12H8ClNO2/c1-2-9-10(12(16)14-11(9)15)7-3-5-8(13)6-4-7/h2-6H,1H2,(H,14,15,16). The van der Waals surface area contributed by atoms with Crippen molar-refractivity contribution in [1.29, 1.82) is 0 Å². The number of carbonyl (C=O) groups is 2. The topological polar surface area (TPSA) is 46.2 Å². The van der Waals surface area contributed by atoms with Gasteiger partial charge in [0.15, 0.2) is 0 Å². The summed E-state index contributed by atoms with van der Waals surface area (Å²) in [4.78, 5) is 22.9. The van der Waals surface area contributed by atoms with E-state index in [0.29, 0.717) is 21.7 Å². The van der Waals surface area contributed by atoms with Gasteiger partial charge in [0.05, 0.1) is 11.1 Å². The lowest BCUT2D eigenvalue weighted by Gasteiger charge is -2.00. The minimum absolute atomic E-state index is 0.298. The van der Waals surface area contributed by atoms with Crippen LogP contribution in [0.1, 0.15) is 5.56 Å². The van der Waals surface area contributed by atoms with Crippen LogP contribution in [0.25, 0.3) is 5.57 Å². The van der Waals surface area contributed by atoms with Crippen molar-refractivity contribution in [2.24, 2.45) is 0 Å². The highest BCUT2D eigenvalue weighted by molar-refractivity contribution is 6.37. The zero-order valence-electron chi connectivity index (χ0n) is 8.29. The summed E-state index contributed by atoms with van der Waals surface area (Å²) in [7, 11) is 0. The molecular formula is C12H8ClNO2. The Morgan fingerprint density at radius 1 is 1.12 bits per heavy atom. The van der Waals surface area contributed by atoms with Crippen molar-refractivity contribution in [3.8, 4) is 0 Å². The third-order valence-electron chi connectivity index (χ3n) is 2.31. The number of benzene rings is 1. The normalized spacial score (nSPS) is 15.3. The Balaban J connectivity index is 2.57. The summed E-state index contributed by atoms with van der Waals surface area (Å²) in [6, 6.07) is 6.72. The summed E-state index contributed by atoms with van der Waals surface area (Å²) in [5, 5.41) is 2.80. The van der Waals surface area contributed by atoms with Crippen molar-refractivity contribution in [3.05, 3.63) is 53.1 Å². The molecule has 2 amide bonds. The predicted molar refractivity (Wildman–Crippen MR) is 61.7 cm³/mol. The van der Waals surface area contributed by atoms with Gasteiger partial charge < -0.3 is 0 Å². The molecular weight excluding hydrogens is 226 g/mol. The number of halogens is 1. The van der Waals surface area contributed by atoms with Gasteiger partial charge in [0.2, 0.25) is 0 Å². The smallest absolute Gasteiger partial charge is 0.259 e. The van der Waals surface area contributed by atoms with E-state index >= 15 is 0 Å². The molecule has 0 spiro atoms. The molecule has 0 saturated carbocycles. The van der Waals surface area contributed by atoms with E-state index < -0.39 is 11.8 Å². The van der Waals surface area contributed by atoms with Crippen LogP contribution < -0.4 is 5.32 Å². The number of carbonyl (C=O) groups excluding carboxylic acids is 2. The molecule has 0 bridgehead atoms. The van der Waals surface area contributed by atoms with E-state index in [1.54, 1.807) is 24.3 Å². The van der Waals surface area contributed by atoms with Crippen LogP contribution in [-0.2, 0) is 9.59 Å². The molecule has 2 rings (SSSR count). The highest BCUT2D eigenvalue weighted by atomic mass is 35.5. The first kappa shape index (κ1) is 10.6. The first-order chi connectivity index (χ1) is 7.63. The van der Waals surface area contributed by atoms with Crippen LogP contribution in [0.15, 0.2) is 42.5 Å². The molecule has 1 aromatic rings. The Labute approximate surface area is 97.4 Å². The maximum Gasteiger partial charge on any atom is 0.259 e. The molecule has 0 aliphatic carbocycles. The van der Waals surface area contributed by atoms with Crippen LogP contribution in [-0.4, -0.2) is 11.8 Å². The van der Waals surface area contributed by atoms with Crippen molar-refractivity contribution >= 4 is 29.0 Å². The number of hydrogen-bond donors (Lipinski definition) is 1. The first-order valence-corrected chi connectivity index (χ1v) is 4.99. The number of amides is 2. The van der Waals surface area contributed by atoms with Crippen molar-refractivity contribution in [2.45, 2.75) is 0 Å². The van der Waals surface area contributed by atoms with Crippen molar-refractivity contribution in [3.63, 3.8) is 0 Å². The van der Waals surface area contributed by atoms with E-state index in [-0.39, 0.29) is 0 Å². The molecule has 80 valence electrons. The van der Waals surface area contributed by atoms with Gasteiger partial charge in [-0.25, -0.2) is 0 Å². The van der Waals surface area contributed by atoms with Crippen molar-refractivity contribution in [2.75, 3.05) is 0 Å². The SMILES string of the molecule is C=CC1=C(c2ccc(Cl)cc2)C(=O)NC1=O. The minimum atomic E-state index is -0.412. The zero-order chi connectivity index (χ0) is 11.7. The van der Waals surface area contributed by atoms with E-state index in [1.807, 2.05) is 0 Å². The van der Waals surface area contributed by atoms with Gasteiger partial charge in [-0.15, -0.1) is 0 Å². The second-order valence-electron chi connectivity index (χ2n) is 3.28. The highest BCUT2D eigenvalue weighted by Gasteiger charge is 2.28. The summed E-state index contributed by atoms with van der Waals surface area (Å²) >= 11 is 5.75. The van der Waals surface area contributed by atoms with Gasteiger partial charge in [-0.3, -0.25) is 14.9 Å². The Hall–Kier alpha value is -1.87. The van der Waals surface area contributed by atoms with E-state index in [0.717, 1.165) is 0 Å². The summed E-state index contributed by atoms with van der Waals surface area (Å²) in [5.74, 6) is -0.813. The minimum Gasteiger partial charge on any atom is -0.288 e. The van der Waals surface area contributed by atoms with E-state index in [4.69, 9.17) is 11.6 Å². The Morgan fingerprint density at radius 3 is 2.31 bits per heavy atom. The van der Waals surface area contributed by atoms with Crippen LogP contribution in [0.3, 0.4) is 0 Å². The second-order valence-corrected chi connectivity index (χ2v) is 3.72. The third kappa shape index (κ3) is 1.66. The fourth-order valence-corrected chi connectivity index (χ4v) is 1.69. The molecule has 16 heavy (non-hydrogen) atoms. The average molecular weight is 234 g/mol. The van der Waals surface area contributed by atoms with Gasteiger partial charge in [-0.2, -0.15) is 0 Å². The van der Waals surface area contributed by atoms with E-state index in [1.165, 1.54) is 6.08 Å². The van der Waals surface area contributed by atoms with Crippen molar-refractivity contribution in [1.82, 2.24) is 5.32 Å². The lowest BCUT2D eigenvalue weighted by Crippen LogP contribution is -2.22. The van der Waals surface area contributed by atoms with Gasteiger partial charge in [-0.1, -0.05) is 36.4 Å². The molecule has 1 aliphatic rings. The molecule has 0 radical (unpaired) electrons. The molecule has 0 aromatic heterocycles. The molecule has 1 aliphatic heterocycles. The van der Waals surface area contributed by atoms with Crippen LogP contribution in [0.4, 0.5) is 0 Å². The van der Waals surface area contributed by atoms with Gasteiger partial charge in [0, 0.05) is 5.02 Å². The molecule has 0 unspecified atom stereocenters. The second kappa shape index (κ2) is 3.94. The van der Waals surface area contributed by atoms with Gasteiger partial charge in [0.1, 0.15) is 0 Å². The van der Waals surface area contributed by atoms with Gasteiger partial charge in [0.25, 0.3) is 11.8 Å². The first-order valence-electron chi connectivity index (χ1n) is 4.62. The zero-order valence-corrected chi connectivity index (χ0v) is 9.04. The number of imide groups is 1. The van der Waals surface area contributed by atoms with Gasteiger partial charge in [-0.05, 0) is 17.7 Å². The van der Waals surface area contributed by atoms with E-state index in [2.05, 4.69) is 11.9 Å². The predicted octanol–water partition coefficient (Wildman–Crippen LogP) is 1.94. The molecule has 3 nitrogen and oxygen atoms in total. The fourth-order valence-electron chi connectivity index (χ4n) is 1.57. The lowest BCUT2D eigenvalue weighted by molar-refractivity contribution is -0.123. The molecule has 1 N–H and O–H groups in total. The molecule has 1 aromatic carbocycles. The van der Waals surface area contributed by atoms with Gasteiger partial charge >= 0.3 is 0 Å². The molecule has 4 heteroatoms. The lowest BCUT2D eigenvalue weighted by atomic mass is 10.0. The van der Waals surface area contributed by atoms with Crippen molar-refractivity contribution < 1.29 is 9.59 Å². The maximum absolute atomic E-state index is 11.6. The fraction of sp³-hybridized carbons (Fsp3) is 0.